The van der Waals surface area contributed by atoms with Crippen LogP contribution in [0.15, 0.2) is 57.6 Å². The fourth-order valence-electron chi connectivity index (χ4n) is 2.91. The summed E-state index contributed by atoms with van der Waals surface area (Å²) in [5, 5.41) is 0.983. The van der Waals surface area contributed by atoms with E-state index < -0.39 is 0 Å². The highest BCUT2D eigenvalue weighted by Crippen LogP contribution is 2.38. The second kappa shape index (κ2) is 8.01. The zero-order valence-electron chi connectivity index (χ0n) is 15.9. The van der Waals surface area contributed by atoms with Gasteiger partial charge in [-0.2, -0.15) is 0 Å². The van der Waals surface area contributed by atoms with Crippen LogP contribution in [0, 0.1) is 0 Å². The van der Waals surface area contributed by atoms with E-state index in [0.717, 1.165) is 37.7 Å². The number of furan rings is 1. The van der Waals surface area contributed by atoms with Crippen LogP contribution in [-0.4, -0.2) is 31.5 Å². The van der Waals surface area contributed by atoms with E-state index in [1.54, 1.807) is 31.3 Å². The molecule has 0 unspecified atom stereocenters. The highest BCUT2D eigenvalue weighted by molar-refractivity contribution is 9.10. The predicted octanol–water partition coefficient (Wildman–Crippen LogP) is 5.75. The molecular formula is C22H22BrNO3. The van der Waals surface area contributed by atoms with Crippen molar-refractivity contribution in [2.75, 3.05) is 20.7 Å². The van der Waals surface area contributed by atoms with Crippen LogP contribution >= 0.6 is 15.9 Å². The number of carbonyl (C=O) groups excluding carboxylic acids is 1. The Morgan fingerprint density at radius 2 is 2.04 bits per heavy atom. The van der Waals surface area contributed by atoms with Gasteiger partial charge in [-0.1, -0.05) is 28.1 Å². The van der Waals surface area contributed by atoms with Crippen molar-refractivity contribution in [3.63, 3.8) is 0 Å². The van der Waals surface area contributed by atoms with Gasteiger partial charge in [0.25, 0.3) is 0 Å². The third-order valence-electron chi connectivity index (χ3n) is 4.32. The van der Waals surface area contributed by atoms with Crippen molar-refractivity contribution in [1.29, 1.82) is 0 Å². The number of rotatable bonds is 5. The number of benzene rings is 2. The monoisotopic (exact) mass is 427 g/mol. The van der Waals surface area contributed by atoms with E-state index in [1.165, 1.54) is 0 Å². The van der Waals surface area contributed by atoms with Gasteiger partial charge >= 0.3 is 0 Å². The molecule has 3 rings (SSSR count). The summed E-state index contributed by atoms with van der Waals surface area (Å²) >= 11 is 3.52. The Kier molecular flexibility index (Phi) is 5.71. The van der Waals surface area contributed by atoms with E-state index in [9.17, 15) is 4.79 Å². The van der Waals surface area contributed by atoms with Gasteiger partial charge in [-0.3, -0.25) is 4.79 Å². The van der Waals surface area contributed by atoms with Crippen LogP contribution in [0.4, 0.5) is 0 Å². The number of hydrogen-bond donors (Lipinski definition) is 0. The molecule has 0 radical (unpaired) electrons. The molecule has 3 aromatic rings. The fraction of sp³-hybridized carbons (Fsp3) is 0.227. The second-order valence-corrected chi connectivity index (χ2v) is 7.41. The Balaban J connectivity index is 2.18. The number of fused-ring (bicyclic) bond motifs is 1. The van der Waals surface area contributed by atoms with Gasteiger partial charge in [-0.25, -0.2) is 0 Å². The van der Waals surface area contributed by atoms with Crippen LogP contribution in [0.5, 0.6) is 5.75 Å². The minimum Gasteiger partial charge on any atom is -0.493 e. The second-order valence-electron chi connectivity index (χ2n) is 6.50. The summed E-state index contributed by atoms with van der Waals surface area (Å²) in [6.45, 7) is 4.39. The molecule has 0 N–H and O–H groups in total. The van der Waals surface area contributed by atoms with Gasteiger partial charge in [0.05, 0.1) is 12.9 Å². The third kappa shape index (κ3) is 4.08. The van der Waals surface area contributed by atoms with Gasteiger partial charge in [0.15, 0.2) is 0 Å². The Morgan fingerprint density at radius 1 is 1.26 bits per heavy atom. The lowest BCUT2D eigenvalue weighted by Gasteiger charge is -2.13. The number of ether oxygens (including phenoxy) is 1. The summed E-state index contributed by atoms with van der Waals surface area (Å²) in [7, 11) is 3.47. The van der Waals surface area contributed by atoms with Gasteiger partial charge < -0.3 is 14.1 Å². The zero-order valence-corrected chi connectivity index (χ0v) is 17.5. The first-order valence-corrected chi connectivity index (χ1v) is 9.54. The highest BCUT2D eigenvalue weighted by atomic mass is 79.9. The van der Waals surface area contributed by atoms with Gasteiger partial charge in [0.2, 0.25) is 5.91 Å². The van der Waals surface area contributed by atoms with E-state index in [4.69, 9.17) is 9.15 Å². The zero-order chi connectivity index (χ0) is 19.6. The summed E-state index contributed by atoms with van der Waals surface area (Å²) < 4.78 is 12.6. The molecule has 140 valence electrons. The van der Waals surface area contributed by atoms with Gasteiger partial charge in [0.1, 0.15) is 11.3 Å². The highest BCUT2D eigenvalue weighted by Gasteiger charge is 2.15. The molecular weight excluding hydrogens is 406 g/mol. The Labute approximate surface area is 167 Å². The van der Waals surface area contributed by atoms with Crippen LogP contribution < -0.4 is 4.74 Å². The Morgan fingerprint density at radius 3 is 2.70 bits per heavy atom. The van der Waals surface area contributed by atoms with Crippen molar-refractivity contribution in [1.82, 2.24) is 4.90 Å². The molecule has 0 atom stereocenters. The van der Waals surface area contributed by atoms with Crippen LogP contribution in [0.2, 0.25) is 0 Å². The molecule has 1 aromatic heterocycles. The quantitative estimate of drug-likeness (QED) is 0.486. The lowest BCUT2D eigenvalue weighted by atomic mass is 9.99. The lowest BCUT2D eigenvalue weighted by Crippen LogP contribution is -2.19. The molecule has 0 aliphatic heterocycles. The average molecular weight is 428 g/mol. The Bertz CT molecular complexity index is 1020. The number of halogens is 1. The maximum atomic E-state index is 12.1. The first-order valence-electron chi connectivity index (χ1n) is 8.74. The molecule has 1 amide bonds. The van der Waals surface area contributed by atoms with Crippen LogP contribution in [0.25, 0.3) is 27.7 Å². The molecule has 1 heterocycles. The minimum atomic E-state index is -0.0607. The number of carbonyl (C=O) groups is 1. The maximum absolute atomic E-state index is 12.1. The number of hydrogen-bond acceptors (Lipinski definition) is 3. The number of nitrogens with zero attached hydrogens (tertiary/aromatic N) is 1. The summed E-state index contributed by atoms with van der Waals surface area (Å²) in [6, 6.07) is 12.0. The van der Waals surface area contributed by atoms with Crippen molar-refractivity contribution in [3.05, 3.63) is 58.8 Å². The van der Waals surface area contributed by atoms with Gasteiger partial charge in [-0.05, 0) is 43.2 Å². The largest absolute Gasteiger partial charge is 0.493 e. The van der Waals surface area contributed by atoms with E-state index >= 15 is 0 Å². The standard InChI is InChI=1S/C22H22BrNO3/c1-5-26-20-12-21-18(11-17(20)14(2)9-22(25)24(3)4)19(13-27-21)15-7-6-8-16(23)10-15/h6-13H,5H2,1-4H3/b14-9+. The van der Waals surface area contributed by atoms with Gasteiger partial charge in [0, 0.05) is 47.2 Å². The van der Waals surface area contributed by atoms with Crippen molar-refractivity contribution in [2.45, 2.75) is 13.8 Å². The molecule has 5 heteroatoms. The van der Waals surface area contributed by atoms with Crippen molar-refractivity contribution in [2.24, 2.45) is 0 Å². The smallest absolute Gasteiger partial charge is 0.246 e. The van der Waals surface area contributed by atoms with Crippen LogP contribution in [-0.2, 0) is 4.79 Å². The molecule has 0 saturated carbocycles. The first-order chi connectivity index (χ1) is 12.9. The molecule has 0 fully saturated rings. The van der Waals surface area contributed by atoms with Crippen LogP contribution in [0.1, 0.15) is 19.4 Å². The van der Waals surface area contributed by atoms with E-state index in [-0.39, 0.29) is 5.91 Å². The number of amides is 1. The molecule has 0 aliphatic rings. The normalized spacial score (nSPS) is 11.7. The number of allylic oxidation sites excluding steroid dienone is 1. The summed E-state index contributed by atoms with van der Waals surface area (Å²) in [6.07, 6.45) is 3.39. The maximum Gasteiger partial charge on any atom is 0.246 e. The lowest BCUT2D eigenvalue weighted by molar-refractivity contribution is -0.123. The molecule has 27 heavy (non-hydrogen) atoms. The van der Waals surface area contributed by atoms with Crippen molar-refractivity contribution in [3.8, 4) is 16.9 Å². The molecule has 0 bridgehead atoms. The van der Waals surface area contributed by atoms with E-state index in [0.29, 0.717) is 12.4 Å². The van der Waals surface area contributed by atoms with Gasteiger partial charge in [-0.15, -0.1) is 0 Å². The third-order valence-corrected chi connectivity index (χ3v) is 4.81. The summed E-state index contributed by atoms with van der Waals surface area (Å²) in [5.41, 5.74) is 4.55. The SMILES string of the molecule is CCOc1cc2occ(-c3cccc(Br)c3)c2cc1/C(C)=C/C(=O)N(C)C. The molecule has 0 saturated heterocycles. The molecule has 4 nitrogen and oxygen atoms in total. The average Bonchev–Trinajstić information content (AvgIpc) is 3.04. The van der Waals surface area contributed by atoms with Crippen LogP contribution in [0.3, 0.4) is 0 Å². The molecule has 2 aromatic carbocycles. The summed E-state index contributed by atoms with van der Waals surface area (Å²) in [4.78, 5) is 13.7. The molecule has 0 aliphatic carbocycles. The fourth-order valence-corrected chi connectivity index (χ4v) is 3.31. The first kappa shape index (κ1) is 19.2. The van der Waals surface area contributed by atoms with E-state index in [2.05, 4.69) is 22.0 Å². The molecule has 0 spiro atoms. The topological polar surface area (TPSA) is 42.7 Å². The predicted molar refractivity (Wildman–Crippen MR) is 113 cm³/mol. The number of likely N-dealkylation sites (N-methyl/N-ethyl adjacent to an activating group) is 1. The minimum absolute atomic E-state index is 0.0607. The Hall–Kier alpha value is -2.53. The van der Waals surface area contributed by atoms with E-state index in [1.807, 2.05) is 44.2 Å². The van der Waals surface area contributed by atoms with Crippen molar-refractivity contribution < 1.29 is 13.9 Å². The van der Waals surface area contributed by atoms with Crippen molar-refractivity contribution >= 4 is 38.4 Å². The summed E-state index contributed by atoms with van der Waals surface area (Å²) in [5.74, 6) is 0.648.